The fourth-order valence-electron chi connectivity index (χ4n) is 5.59. The van der Waals surface area contributed by atoms with Crippen LogP contribution in [0.2, 0.25) is 0 Å². The number of allylic oxidation sites excluding steroid dienone is 2. The van der Waals surface area contributed by atoms with E-state index in [0.29, 0.717) is 36.3 Å². The number of carbonyl (C=O) groups excluding carboxylic acids is 2. The molecule has 6 aliphatic rings. The lowest BCUT2D eigenvalue weighted by atomic mass is 9.88. The Morgan fingerprint density at radius 1 is 1.15 bits per heavy atom. The topological polar surface area (TPSA) is 106 Å². The van der Waals surface area contributed by atoms with Crippen molar-refractivity contribution < 1.29 is 19.1 Å². The van der Waals surface area contributed by atoms with Crippen LogP contribution >= 0.6 is 0 Å². The summed E-state index contributed by atoms with van der Waals surface area (Å²) in [6.07, 6.45) is 8.76. The number of nitrogens with two attached hydrogens (primary N) is 1. The second-order valence-corrected chi connectivity index (χ2v) is 11.2. The van der Waals surface area contributed by atoms with E-state index < -0.39 is 5.60 Å². The van der Waals surface area contributed by atoms with E-state index in [1.807, 2.05) is 34.6 Å². The lowest BCUT2D eigenvalue weighted by molar-refractivity contribution is -0.128. The first-order chi connectivity index (χ1) is 19.7. The van der Waals surface area contributed by atoms with Gasteiger partial charge in [-0.15, -0.1) is 0 Å². The summed E-state index contributed by atoms with van der Waals surface area (Å²) < 4.78 is 12.2. The van der Waals surface area contributed by atoms with Crippen LogP contribution in [0.3, 0.4) is 0 Å². The molecule has 8 heteroatoms. The molecule has 0 radical (unpaired) electrons. The van der Waals surface area contributed by atoms with Gasteiger partial charge in [-0.25, -0.2) is 4.99 Å². The Labute approximate surface area is 244 Å². The van der Waals surface area contributed by atoms with Gasteiger partial charge in [-0.2, -0.15) is 0 Å². The molecule has 2 aromatic rings. The zero-order valence-electron chi connectivity index (χ0n) is 25.0. The highest BCUT2D eigenvalue weighted by molar-refractivity contribution is 5.99. The average Bonchev–Trinajstić information content (AvgIpc) is 2.93. The maximum atomic E-state index is 13.5. The first kappa shape index (κ1) is 30.2. The average molecular weight is 561 g/mol. The summed E-state index contributed by atoms with van der Waals surface area (Å²) in [6, 6.07) is 11.3. The van der Waals surface area contributed by atoms with Crippen molar-refractivity contribution in [1.82, 2.24) is 10.2 Å². The SMILES string of the molecule is CC.CCOc1ccc2cc1CN1C(=O)CC(CCC/C=C/Cc3ccc4c(c3)OC(C)(C)CC4NC2=O)N=C1N. The van der Waals surface area contributed by atoms with Gasteiger partial charge in [0.2, 0.25) is 5.91 Å². The van der Waals surface area contributed by atoms with Gasteiger partial charge in [-0.05, 0) is 76.3 Å². The summed E-state index contributed by atoms with van der Waals surface area (Å²) in [7, 11) is 0. The van der Waals surface area contributed by atoms with E-state index in [9.17, 15) is 9.59 Å². The Balaban J connectivity index is 0.00000189. The number of nitrogens with zero attached hydrogens (tertiary/aromatic N) is 2. The lowest BCUT2D eigenvalue weighted by Gasteiger charge is -2.38. The highest BCUT2D eigenvalue weighted by Gasteiger charge is 2.35. The van der Waals surface area contributed by atoms with Crippen LogP contribution in [-0.2, 0) is 17.8 Å². The van der Waals surface area contributed by atoms with Crippen molar-refractivity contribution in [3.05, 3.63) is 70.8 Å². The maximum absolute atomic E-state index is 13.5. The fraction of sp³-hybridized carbons (Fsp3) is 0.485. The monoisotopic (exact) mass is 560 g/mol. The number of rotatable bonds is 2. The molecular formula is C33H44N4O4. The van der Waals surface area contributed by atoms with Crippen LogP contribution in [-0.4, -0.2) is 40.9 Å². The van der Waals surface area contributed by atoms with Crippen molar-refractivity contribution in [3.63, 3.8) is 0 Å². The third kappa shape index (κ3) is 7.29. The molecule has 0 fully saturated rings. The summed E-state index contributed by atoms with van der Waals surface area (Å²) in [5.74, 6) is 1.39. The molecule has 0 saturated carbocycles. The maximum Gasteiger partial charge on any atom is 0.251 e. The Morgan fingerprint density at radius 3 is 2.71 bits per heavy atom. The molecule has 2 amide bonds. The van der Waals surface area contributed by atoms with Gasteiger partial charge in [-0.1, -0.05) is 38.1 Å². The summed E-state index contributed by atoms with van der Waals surface area (Å²) in [5.41, 5.74) is 9.19. The Morgan fingerprint density at radius 2 is 1.95 bits per heavy atom. The Hall–Kier alpha value is -3.81. The van der Waals surface area contributed by atoms with E-state index in [2.05, 4.69) is 40.7 Å². The van der Waals surface area contributed by atoms with Gasteiger partial charge >= 0.3 is 0 Å². The van der Waals surface area contributed by atoms with E-state index in [1.54, 1.807) is 18.2 Å². The lowest BCUT2D eigenvalue weighted by Crippen LogP contribution is -2.46. The zero-order chi connectivity index (χ0) is 29.6. The number of hydrogen-bond donors (Lipinski definition) is 2. The second-order valence-electron chi connectivity index (χ2n) is 11.2. The predicted molar refractivity (Wildman–Crippen MR) is 162 cm³/mol. The quantitative estimate of drug-likeness (QED) is 0.449. The van der Waals surface area contributed by atoms with E-state index in [4.69, 9.17) is 15.2 Å². The minimum Gasteiger partial charge on any atom is -0.494 e. The summed E-state index contributed by atoms with van der Waals surface area (Å²) >= 11 is 0. The number of hydrogen-bond acceptors (Lipinski definition) is 6. The van der Waals surface area contributed by atoms with Crippen LogP contribution < -0.4 is 20.5 Å². The minimum absolute atomic E-state index is 0.0651. The third-order valence-electron chi connectivity index (χ3n) is 7.52. The summed E-state index contributed by atoms with van der Waals surface area (Å²) in [4.78, 5) is 32.8. The van der Waals surface area contributed by atoms with Crippen molar-refractivity contribution in [2.24, 2.45) is 10.7 Å². The normalized spacial score (nSPS) is 22.8. The number of amides is 2. The van der Waals surface area contributed by atoms with Crippen molar-refractivity contribution in [1.29, 1.82) is 0 Å². The van der Waals surface area contributed by atoms with Crippen LogP contribution in [0.25, 0.3) is 0 Å². The predicted octanol–water partition coefficient (Wildman–Crippen LogP) is 5.84. The van der Waals surface area contributed by atoms with Crippen molar-refractivity contribution in [3.8, 4) is 11.5 Å². The molecule has 0 aliphatic carbocycles. The van der Waals surface area contributed by atoms with Gasteiger partial charge < -0.3 is 20.5 Å². The smallest absolute Gasteiger partial charge is 0.251 e. The van der Waals surface area contributed by atoms with E-state index >= 15 is 0 Å². The Kier molecular flexibility index (Phi) is 9.73. The van der Waals surface area contributed by atoms with Crippen LogP contribution in [0.1, 0.15) is 99.8 Å². The number of ether oxygens (including phenoxy) is 2. The van der Waals surface area contributed by atoms with Gasteiger partial charge in [0.25, 0.3) is 5.91 Å². The van der Waals surface area contributed by atoms with Gasteiger partial charge in [-0.3, -0.25) is 14.5 Å². The molecule has 6 heterocycles. The van der Waals surface area contributed by atoms with E-state index in [-0.39, 0.29) is 36.4 Å². The van der Waals surface area contributed by atoms with E-state index in [1.165, 1.54) is 4.90 Å². The molecule has 3 N–H and O–H groups in total. The van der Waals surface area contributed by atoms with Gasteiger partial charge in [0.05, 0.1) is 25.2 Å². The largest absolute Gasteiger partial charge is 0.494 e. The molecule has 0 aromatic heterocycles. The zero-order valence-corrected chi connectivity index (χ0v) is 25.0. The van der Waals surface area contributed by atoms with Crippen LogP contribution in [0.5, 0.6) is 11.5 Å². The van der Waals surface area contributed by atoms with E-state index in [0.717, 1.165) is 42.6 Å². The first-order valence-electron chi connectivity index (χ1n) is 14.9. The highest BCUT2D eigenvalue weighted by Crippen LogP contribution is 2.40. The molecule has 0 spiro atoms. The molecule has 8 bridgehead atoms. The van der Waals surface area contributed by atoms with Crippen molar-refractivity contribution in [2.45, 2.75) is 97.4 Å². The van der Waals surface area contributed by atoms with Crippen molar-refractivity contribution >= 4 is 17.8 Å². The number of aliphatic imine (C=N–C) groups is 1. The highest BCUT2D eigenvalue weighted by atomic mass is 16.5. The molecule has 6 aliphatic heterocycles. The molecule has 41 heavy (non-hydrogen) atoms. The molecular weight excluding hydrogens is 516 g/mol. The Bertz CT molecular complexity index is 1320. The van der Waals surface area contributed by atoms with Crippen molar-refractivity contribution in [2.75, 3.05) is 6.61 Å². The standard InChI is InChI=1S/C31H38N4O4.C2H6/c1-4-38-26-14-12-21-16-22(26)19-35-28(36)17-23(33-30(35)32)10-8-6-5-7-9-20-11-13-24-25(34-29(21)37)18-31(2,3)39-27(24)15-20;1-2/h5,7,11-16,23,25H,4,6,8-10,17-19H2,1-3H3,(H2,32,33)(H,34,37);1-2H3/b7-5+;. The first-order valence-corrected chi connectivity index (χ1v) is 14.9. The van der Waals surface area contributed by atoms with Gasteiger partial charge in [0.1, 0.15) is 17.1 Å². The summed E-state index contributed by atoms with van der Waals surface area (Å²) in [5, 5.41) is 3.23. The van der Waals surface area contributed by atoms with Crippen LogP contribution in [0, 0.1) is 0 Å². The minimum atomic E-state index is -0.428. The van der Waals surface area contributed by atoms with Crippen LogP contribution in [0.4, 0.5) is 0 Å². The molecule has 220 valence electrons. The summed E-state index contributed by atoms with van der Waals surface area (Å²) in [6.45, 7) is 10.6. The molecule has 2 unspecified atom stereocenters. The van der Waals surface area contributed by atoms with Gasteiger partial charge in [0, 0.05) is 29.5 Å². The number of guanidine groups is 1. The second kappa shape index (κ2) is 13.2. The molecule has 0 saturated heterocycles. The third-order valence-corrected chi connectivity index (χ3v) is 7.52. The fourth-order valence-corrected chi connectivity index (χ4v) is 5.59. The van der Waals surface area contributed by atoms with Gasteiger partial charge in [0.15, 0.2) is 5.96 Å². The molecule has 2 atom stereocenters. The molecule has 2 aromatic carbocycles. The van der Waals surface area contributed by atoms with Crippen LogP contribution in [0.15, 0.2) is 53.5 Å². The number of benzene rings is 2. The molecule has 8 rings (SSSR count). The molecule has 8 nitrogen and oxygen atoms in total. The number of nitrogens with one attached hydrogen (secondary N) is 1. The number of carbonyl (C=O) groups is 2.